The van der Waals surface area contributed by atoms with E-state index in [4.69, 9.17) is 9.15 Å². The molecule has 1 amide bonds. The van der Waals surface area contributed by atoms with Gasteiger partial charge in [-0.3, -0.25) is 4.79 Å². The van der Waals surface area contributed by atoms with E-state index in [0.717, 1.165) is 10.9 Å². The summed E-state index contributed by atoms with van der Waals surface area (Å²) < 4.78 is 11.2. The Morgan fingerprint density at radius 3 is 2.36 bits per heavy atom. The molecule has 0 radical (unpaired) electrons. The molecule has 0 saturated carbocycles. The molecule has 0 fully saturated rings. The predicted octanol–water partition coefficient (Wildman–Crippen LogP) is 3.10. The SMILES string of the molecule is CC[C@@H](C)[C@H](NC(=O)C(C)Oc1ccc2c(C)c(C)c(=O)oc2c1C)C(=O)O. The maximum absolute atomic E-state index is 12.4. The van der Waals surface area contributed by atoms with Gasteiger partial charge in [-0.15, -0.1) is 0 Å². The molecule has 1 aromatic carbocycles. The smallest absolute Gasteiger partial charge is 0.339 e. The maximum atomic E-state index is 12.4. The fourth-order valence-electron chi connectivity index (χ4n) is 2.95. The van der Waals surface area contributed by atoms with Gasteiger partial charge in [0.1, 0.15) is 17.4 Å². The number of aliphatic carboxylic acids is 1. The second kappa shape index (κ2) is 8.46. The molecule has 1 unspecified atom stereocenters. The third-order valence-corrected chi connectivity index (χ3v) is 5.27. The Kier molecular flexibility index (Phi) is 6.48. The van der Waals surface area contributed by atoms with Crippen LogP contribution in [-0.4, -0.2) is 29.1 Å². The lowest BCUT2D eigenvalue weighted by atomic mass is 9.99. The van der Waals surface area contributed by atoms with Crippen molar-refractivity contribution in [3.63, 3.8) is 0 Å². The van der Waals surface area contributed by atoms with Crippen LogP contribution < -0.4 is 15.7 Å². The Hall–Kier alpha value is -2.83. The number of amides is 1. The number of carboxylic acid groups (broad SMARTS) is 1. The van der Waals surface area contributed by atoms with Crippen molar-refractivity contribution in [2.45, 2.75) is 60.1 Å². The fraction of sp³-hybridized carbons (Fsp3) is 0.476. The highest BCUT2D eigenvalue weighted by Crippen LogP contribution is 2.29. The number of hydrogen-bond donors (Lipinski definition) is 2. The van der Waals surface area contributed by atoms with E-state index in [2.05, 4.69) is 5.32 Å². The van der Waals surface area contributed by atoms with E-state index in [9.17, 15) is 19.5 Å². The molecule has 2 aromatic rings. The average Bonchev–Trinajstić information content (AvgIpc) is 2.65. The first-order valence-corrected chi connectivity index (χ1v) is 9.31. The molecular formula is C21H27NO6. The number of hydrogen-bond acceptors (Lipinski definition) is 5. The van der Waals surface area contributed by atoms with Crippen LogP contribution in [0.5, 0.6) is 5.75 Å². The lowest BCUT2D eigenvalue weighted by Crippen LogP contribution is -2.49. The van der Waals surface area contributed by atoms with Gasteiger partial charge in [-0.2, -0.15) is 0 Å². The molecule has 7 heteroatoms. The highest BCUT2D eigenvalue weighted by Gasteiger charge is 2.28. The summed E-state index contributed by atoms with van der Waals surface area (Å²) in [6, 6.07) is 2.52. The molecule has 2 N–H and O–H groups in total. The number of carboxylic acids is 1. The maximum Gasteiger partial charge on any atom is 0.339 e. The van der Waals surface area contributed by atoms with Crippen molar-refractivity contribution in [2.24, 2.45) is 5.92 Å². The molecule has 0 saturated heterocycles. The van der Waals surface area contributed by atoms with Crippen molar-refractivity contribution in [3.05, 3.63) is 39.2 Å². The first kappa shape index (κ1) is 21.5. The number of ether oxygens (including phenoxy) is 1. The number of benzene rings is 1. The van der Waals surface area contributed by atoms with E-state index in [1.54, 1.807) is 39.8 Å². The first-order chi connectivity index (χ1) is 13.1. The third-order valence-electron chi connectivity index (χ3n) is 5.27. The van der Waals surface area contributed by atoms with E-state index in [0.29, 0.717) is 28.9 Å². The van der Waals surface area contributed by atoms with Crippen LogP contribution in [0.15, 0.2) is 21.3 Å². The van der Waals surface area contributed by atoms with Crippen molar-refractivity contribution in [1.29, 1.82) is 0 Å². The zero-order valence-corrected chi connectivity index (χ0v) is 17.1. The summed E-state index contributed by atoms with van der Waals surface area (Å²) in [6.07, 6.45) is -0.297. The standard InChI is InChI=1S/C21H27NO6/c1-7-10(2)17(20(24)25)22-19(23)14(6)27-16-9-8-15-11(3)12(4)21(26)28-18(15)13(16)5/h8-10,14,17H,7H2,1-6H3,(H,22,23)(H,24,25)/t10-,14?,17+/m1/s1. The number of nitrogens with one attached hydrogen (secondary N) is 1. The molecule has 0 aliphatic heterocycles. The zero-order valence-electron chi connectivity index (χ0n) is 17.1. The molecule has 1 heterocycles. The van der Waals surface area contributed by atoms with Crippen LogP contribution in [0, 0.1) is 26.7 Å². The van der Waals surface area contributed by atoms with E-state index < -0.39 is 29.6 Å². The summed E-state index contributed by atoms with van der Waals surface area (Å²) in [7, 11) is 0. The van der Waals surface area contributed by atoms with Gasteiger partial charge in [-0.05, 0) is 51.3 Å². The molecule has 1 aromatic heterocycles. The first-order valence-electron chi connectivity index (χ1n) is 9.31. The second-order valence-electron chi connectivity index (χ2n) is 7.18. The summed E-state index contributed by atoms with van der Waals surface area (Å²) >= 11 is 0. The summed E-state index contributed by atoms with van der Waals surface area (Å²) in [5.41, 5.74) is 2.01. The Morgan fingerprint density at radius 2 is 1.79 bits per heavy atom. The van der Waals surface area contributed by atoms with E-state index in [1.807, 2.05) is 13.8 Å². The number of carbonyl (C=O) groups excluding carboxylic acids is 1. The van der Waals surface area contributed by atoms with Crippen LogP contribution in [0.4, 0.5) is 0 Å². The Balaban J connectivity index is 2.27. The molecule has 28 heavy (non-hydrogen) atoms. The van der Waals surface area contributed by atoms with Crippen LogP contribution in [-0.2, 0) is 9.59 Å². The van der Waals surface area contributed by atoms with Crippen LogP contribution >= 0.6 is 0 Å². The lowest BCUT2D eigenvalue weighted by Gasteiger charge is -2.23. The van der Waals surface area contributed by atoms with Crippen molar-refractivity contribution in [2.75, 3.05) is 0 Å². The van der Waals surface area contributed by atoms with Crippen molar-refractivity contribution >= 4 is 22.8 Å². The summed E-state index contributed by atoms with van der Waals surface area (Å²) in [4.78, 5) is 35.8. The number of fused-ring (bicyclic) bond motifs is 1. The van der Waals surface area contributed by atoms with Gasteiger partial charge in [0, 0.05) is 16.5 Å². The molecular weight excluding hydrogens is 362 g/mol. The summed E-state index contributed by atoms with van der Waals surface area (Å²) in [5, 5.41) is 12.7. The van der Waals surface area contributed by atoms with Gasteiger partial charge in [-0.1, -0.05) is 20.3 Å². The molecule has 0 aliphatic rings. The molecule has 0 bridgehead atoms. The number of rotatable bonds is 7. The zero-order chi connectivity index (χ0) is 21.2. The summed E-state index contributed by atoms with van der Waals surface area (Å²) in [5.74, 6) is -1.41. The minimum absolute atomic E-state index is 0.212. The highest BCUT2D eigenvalue weighted by atomic mass is 16.5. The van der Waals surface area contributed by atoms with Gasteiger partial charge >= 0.3 is 11.6 Å². The highest BCUT2D eigenvalue weighted by molar-refractivity contribution is 5.87. The fourth-order valence-corrected chi connectivity index (χ4v) is 2.95. The Labute approximate surface area is 163 Å². The molecule has 7 nitrogen and oxygen atoms in total. The summed E-state index contributed by atoms with van der Waals surface area (Å²) in [6.45, 7) is 10.5. The molecule has 152 valence electrons. The van der Waals surface area contributed by atoms with Crippen molar-refractivity contribution in [1.82, 2.24) is 5.32 Å². The number of carbonyl (C=O) groups is 2. The van der Waals surface area contributed by atoms with Gasteiger partial charge in [0.05, 0.1) is 0 Å². The molecule has 0 aliphatic carbocycles. The van der Waals surface area contributed by atoms with E-state index >= 15 is 0 Å². The van der Waals surface area contributed by atoms with Crippen LogP contribution in [0.3, 0.4) is 0 Å². The van der Waals surface area contributed by atoms with Gasteiger partial charge in [0.15, 0.2) is 6.10 Å². The minimum Gasteiger partial charge on any atom is -0.480 e. The molecule has 0 spiro atoms. The van der Waals surface area contributed by atoms with Crippen LogP contribution in [0.1, 0.15) is 43.9 Å². The second-order valence-corrected chi connectivity index (χ2v) is 7.18. The van der Waals surface area contributed by atoms with Gasteiger partial charge in [0.25, 0.3) is 5.91 Å². The van der Waals surface area contributed by atoms with Gasteiger partial charge in [0.2, 0.25) is 0 Å². The Bertz CT molecular complexity index is 962. The van der Waals surface area contributed by atoms with Crippen LogP contribution in [0.2, 0.25) is 0 Å². The molecule has 3 atom stereocenters. The van der Waals surface area contributed by atoms with Crippen molar-refractivity contribution in [3.8, 4) is 5.75 Å². The quantitative estimate of drug-likeness (QED) is 0.705. The predicted molar refractivity (Wildman–Crippen MR) is 106 cm³/mol. The van der Waals surface area contributed by atoms with Crippen LogP contribution in [0.25, 0.3) is 11.0 Å². The number of aryl methyl sites for hydroxylation is 2. The largest absolute Gasteiger partial charge is 0.480 e. The van der Waals surface area contributed by atoms with E-state index in [1.165, 1.54) is 0 Å². The molecule has 2 rings (SSSR count). The van der Waals surface area contributed by atoms with Crippen molar-refractivity contribution < 1.29 is 23.8 Å². The topological polar surface area (TPSA) is 106 Å². The van der Waals surface area contributed by atoms with Gasteiger partial charge < -0.3 is 19.6 Å². The lowest BCUT2D eigenvalue weighted by molar-refractivity contribution is -0.144. The third kappa shape index (κ3) is 4.18. The average molecular weight is 389 g/mol. The van der Waals surface area contributed by atoms with Gasteiger partial charge in [-0.25, -0.2) is 9.59 Å². The normalized spacial score (nSPS) is 14.4. The Morgan fingerprint density at radius 1 is 1.14 bits per heavy atom. The van der Waals surface area contributed by atoms with E-state index in [-0.39, 0.29) is 5.92 Å². The minimum atomic E-state index is -1.08. The monoisotopic (exact) mass is 389 g/mol.